The number of amides is 1. The number of rotatable bonds is 7. The van der Waals surface area contributed by atoms with Crippen LogP contribution < -0.4 is 11.1 Å². The van der Waals surface area contributed by atoms with Gasteiger partial charge in [-0.2, -0.15) is 0 Å². The molecule has 0 saturated carbocycles. The Balaban J connectivity index is 1.45. The largest absolute Gasteiger partial charge is 0.379 e. The molecule has 4 rings (SSSR count). The molecular weight excluding hydrogens is 364 g/mol. The number of fused-ring (bicyclic) bond motifs is 1. The molecule has 0 unspecified atom stereocenters. The number of nitrogens with one attached hydrogen (secondary N) is 2. The van der Waals surface area contributed by atoms with Crippen molar-refractivity contribution in [2.75, 3.05) is 5.32 Å². The maximum absolute atomic E-state index is 11.3. The lowest BCUT2D eigenvalue weighted by Gasteiger charge is -2.24. The van der Waals surface area contributed by atoms with Crippen molar-refractivity contribution in [2.24, 2.45) is 5.73 Å². The molecule has 0 radical (unpaired) electrons. The fraction of sp³-hybridized carbons (Fsp3) is 0.227. The molecule has 2 aromatic heterocycles. The number of nitrogens with two attached hydrogens (primary N) is 1. The molecule has 148 valence electrons. The molecule has 29 heavy (non-hydrogen) atoms. The molecule has 2 aromatic carbocycles. The summed E-state index contributed by atoms with van der Waals surface area (Å²) in [4.78, 5) is 14.7. The van der Waals surface area contributed by atoms with E-state index in [1.54, 1.807) is 18.2 Å². The second kappa shape index (κ2) is 7.43. The van der Waals surface area contributed by atoms with Crippen molar-refractivity contribution in [1.82, 2.24) is 20.0 Å². The maximum atomic E-state index is 11.3. The molecule has 0 spiro atoms. The van der Waals surface area contributed by atoms with E-state index in [0.717, 1.165) is 16.9 Å². The van der Waals surface area contributed by atoms with E-state index in [-0.39, 0.29) is 5.41 Å². The Morgan fingerprint density at radius 3 is 2.86 bits per heavy atom. The van der Waals surface area contributed by atoms with Gasteiger partial charge in [0, 0.05) is 33.8 Å². The molecule has 0 aliphatic heterocycles. The number of nitrogens with zero attached hydrogens (tertiary/aromatic N) is 3. The number of hydrogen-bond acceptors (Lipinski definition) is 4. The minimum atomic E-state index is -0.445. The van der Waals surface area contributed by atoms with Gasteiger partial charge in [-0.3, -0.25) is 9.48 Å². The summed E-state index contributed by atoms with van der Waals surface area (Å²) < 4.78 is 1.87. The Bertz CT molecular complexity index is 1160. The van der Waals surface area contributed by atoms with Gasteiger partial charge in [0.25, 0.3) is 0 Å². The molecule has 0 bridgehead atoms. The Labute approximate surface area is 168 Å². The van der Waals surface area contributed by atoms with Crippen LogP contribution in [0.1, 0.15) is 35.5 Å². The first-order valence-electron chi connectivity index (χ1n) is 9.52. The lowest BCUT2D eigenvalue weighted by molar-refractivity contribution is 0.100. The van der Waals surface area contributed by atoms with Crippen LogP contribution in [0.4, 0.5) is 5.69 Å². The number of carbonyl (C=O) groups excluding carboxylic acids is 1. The van der Waals surface area contributed by atoms with Crippen LogP contribution in [0.5, 0.6) is 0 Å². The number of para-hydroxylation sites is 1. The molecule has 0 aliphatic carbocycles. The topological polar surface area (TPSA) is 102 Å². The van der Waals surface area contributed by atoms with Crippen LogP contribution in [0.15, 0.2) is 60.9 Å². The molecule has 4 N–H and O–H groups in total. The van der Waals surface area contributed by atoms with E-state index in [4.69, 9.17) is 5.73 Å². The molecule has 1 amide bonds. The summed E-state index contributed by atoms with van der Waals surface area (Å²) >= 11 is 0. The van der Waals surface area contributed by atoms with Crippen LogP contribution in [-0.2, 0) is 18.5 Å². The summed E-state index contributed by atoms with van der Waals surface area (Å²) in [6.45, 7) is 5.63. The van der Waals surface area contributed by atoms with Crippen LogP contribution in [0.3, 0.4) is 0 Å². The average molecular weight is 388 g/mol. The molecule has 2 heterocycles. The van der Waals surface area contributed by atoms with E-state index in [1.807, 2.05) is 23.0 Å². The van der Waals surface area contributed by atoms with Gasteiger partial charge in [0.15, 0.2) is 0 Å². The van der Waals surface area contributed by atoms with Gasteiger partial charge in [-0.05, 0) is 29.8 Å². The molecule has 0 atom stereocenters. The second-order valence-electron chi connectivity index (χ2n) is 7.84. The summed E-state index contributed by atoms with van der Waals surface area (Å²) in [5.41, 5.74) is 9.72. The average Bonchev–Trinajstić information content (AvgIpc) is 3.33. The third-order valence-corrected chi connectivity index (χ3v) is 5.08. The van der Waals surface area contributed by atoms with Crippen molar-refractivity contribution in [2.45, 2.75) is 32.4 Å². The predicted octanol–water partition coefficient (Wildman–Crippen LogP) is 3.45. The molecule has 7 heteroatoms. The Hall–Kier alpha value is -3.61. The van der Waals surface area contributed by atoms with E-state index in [1.165, 1.54) is 10.9 Å². The third kappa shape index (κ3) is 3.99. The number of carbonyl (C=O) groups is 1. The summed E-state index contributed by atoms with van der Waals surface area (Å²) in [5.74, 6) is -0.445. The standard InChI is InChI=1S/C22H24N6O/c1-22(2,19-12-25-20-9-4-3-8-18(19)20)14-28-13-17(26-27-28)11-24-16-7-5-6-15(10-16)21(23)29/h3-10,12-13,24-25H,11,14H2,1-2H3,(H2,23,29). The highest BCUT2D eigenvalue weighted by atomic mass is 16.1. The summed E-state index contributed by atoms with van der Waals surface area (Å²) in [6, 6.07) is 15.4. The van der Waals surface area contributed by atoms with Crippen molar-refractivity contribution in [3.63, 3.8) is 0 Å². The number of hydrogen-bond donors (Lipinski definition) is 3. The van der Waals surface area contributed by atoms with Crippen LogP contribution in [-0.4, -0.2) is 25.9 Å². The van der Waals surface area contributed by atoms with Gasteiger partial charge in [0.1, 0.15) is 5.69 Å². The van der Waals surface area contributed by atoms with Crippen LogP contribution in [0.25, 0.3) is 10.9 Å². The fourth-order valence-electron chi connectivity index (χ4n) is 3.59. The third-order valence-electron chi connectivity index (χ3n) is 5.08. The highest BCUT2D eigenvalue weighted by Crippen LogP contribution is 2.31. The highest BCUT2D eigenvalue weighted by Gasteiger charge is 2.25. The minimum Gasteiger partial charge on any atom is -0.379 e. The Morgan fingerprint density at radius 2 is 2.03 bits per heavy atom. The lowest BCUT2D eigenvalue weighted by Crippen LogP contribution is -2.24. The van der Waals surface area contributed by atoms with Crippen LogP contribution in [0, 0.1) is 0 Å². The SMILES string of the molecule is CC(C)(Cn1cc(CNc2cccc(C(N)=O)c2)nn1)c1c[nH]c2ccccc12. The summed E-state index contributed by atoms with van der Waals surface area (Å²) in [7, 11) is 0. The molecule has 7 nitrogen and oxygen atoms in total. The van der Waals surface area contributed by atoms with E-state index in [0.29, 0.717) is 18.7 Å². The molecule has 4 aromatic rings. The van der Waals surface area contributed by atoms with E-state index >= 15 is 0 Å². The van der Waals surface area contributed by atoms with Crippen molar-refractivity contribution >= 4 is 22.5 Å². The van der Waals surface area contributed by atoms with Crippen molar-refractivity contribution < 1.29 is 4.79 Å². The van der Waals surface area contributed by atoms with Gasteiger partial charge in [-0.15, -0.1) is 5.10 Å². The number of aromatic amines is 1. The minimum absolute atomic E-state index is 0.117. The Kier molecular flexibility index (Phi) is 4.80. The number of benzene rings is 2. The van der Waals surface area contributed by atoms with Gasteiger partial charge in [-0.1, -0.05) is 43.3 Å². The first-order valence-corrected chi connectivity index (χ1v) is 9.52. The number of H-pyrrole nitrogens is 1. The zero-order valence-electron chi connectivity index (χ0n) is 16.5. The van der Waals surface area contributed by atoms with Gasteiger partial charge in [0.2, 0.25) is 5.91 Å². The van der Waals surface area contributed by atoms with Crippen molar-refractivity contribution in [1.29, 1.82) is 0 Å². The van der Waals surface area contributed by atoms with E-state index in [9.17, 15) is 4.79 Å². The van der Waals surface area contributed by atoms with Gasteiger partial charge in [0.05, 0.1) is 19.3 Å². The number of primary amides is 1. The van der Waals surface area contributed by atoms with Gasteiger partial charge < -0.3 is 16.0 Å². The highest BCUT2D eigenvalue weighted by molar-refractivity contribution is 5.93. The molecule has 0 fully saturated rings. The zero-order chi connectivity index (χ0) is 20.4. The predicted molar refractivity (Wildman–Crippen MR) is 114 cm³/mol. The number of aromatic nitrogens is 4. The zero-order valence-corrected chi connectivity index (χ0v) is 16.5. The van der Waals surface area contributed by atoms with Crippen molar-refractivity contribution in [3.05, 3.63) is 77.7 Å². The summed E-state index contributed by atoms with van der Waals surface area (Å²) in [6.07, 6.45) is 4.03. The monoisotopic (exact) mass is 388 g/mol. The van der Waals surface area contributed by atoms with Gasteiger partial charge >= 0.3 is 0 Å². The smallest absolute Gasteiger partial charge is 0.248 e. The van der Waals surface area contributed by atoms with Crippen molar-refractivity contribution in [3.8, 4) is 0 Å². The van der Waals surface area contributed by atoms with E-state index < -0.39 is 5.91 Å². The molecule has 0 aliphatic rings. The quantitative estimate of drug-likeness (QED) is 0.451. The summed E-state index contributed by atoms with van der Waals surface area (Å²) in [5, 5.41) is 13.0. The van der Waals surface area contributed by atoms with Crippen LogP contribution in [0.2, 0.25) is 0 Å². The number of anilines is 1. The lowest BCUT2D eigenvalue weighted by atomic mass is 9.84. The maximum Gasteiger partial charge on any atom is 0.248 e. The van der Waals surface area contributed by atoms with Gasteiger partial charge in [-0.25, -0.2) is 0 Å². The fourth-order valence-corrected chi connectivity index (χ4v) is 3.59. The molecular formula is C22H24N6O. The van der Waals surface area contributed by atoms with E-state index in [2.05, 4.69) is 58.9 Å². The first-order chi connectivity index (χ1) is 13.9. The normalized spacial score (nSPS) is 11.7. The first kappa shape index (κ1) is 18.7. The Morgan fingerprint density at radius 1 is 1.21 bits per heavy atom. The second-order valence-corrected chi connectivity index (χ2v) is 7.84. The van der Waals surface area contributed by atoms with Crippen LogP contribution >= 0.6 is 0 Å². The molecule has 0 saturated heterocycles.